The maximum absolute atomic E-state index is 8.71. The Hall–Kier alpha value is -2.49. The molecule has 0 bridgehead atoms. The maximum atomic E-state index is 8.71. The Labute approximate surface area is 124 Å². The summed E-state index contributed by atoms with van der Waals surface area (Å²) in [5, 5.41) is 7.16. The molecular formula is C16H19N5. The average molecular weight is 281 g/mol. The number of nitrogens with one attached hydrogen (secondary N) is 1. The van der Waals surface area contributed by atoms with Gasteiger partial charge >= 0.3 is 0 Å². The number of hydrogen-bond donors (Lipinski definition) is 2. The van der Waals surface area contributed by atoms with Crippen LogP contribution in [0.15, 0.2) is 59.7 Å². The summed E-state index contributed by atoms with van der Waals surface area (Å²) in [6.45, 7) is 1.21. The Morgan fingerprint density at radius 2 is 1.81 bits per heavy atom. The van der Waals surface area contributed by atoms with Gasteiger partial charge < -0.3 is 11.1 Å². The Morgan fingerprint density at radius 1 is 1.10 bits per heavy atom. The van der Waals surface area contributed by atoms with Crippen LogP contribution in [0.1, 0.15) is 17.2 Å². The fourth-order valence-electron chi connectivity index (χ4n) is 2.13. The first-order chi connectivity index (χ1) is 10.3. The predicted molar refractivity (Wildman–Crippen MR) is 86.0 cm³/mol. The SMILES string of the molecule is [N-]=[N+]=N[C@@H](CNc1ccc(CCN)cc1)c1ccccc1. The third kappa shape index (κ3) is 4.53. The van der Waals surface area contributed by atoms with Gasteiger partial charge in [-0.2, -0.15) is 0 Å². The van der Waals surface area contributed by atoms with Crippen molar-refractivity contribution in [2.45, 2.75) is 12.5 Å². The number of nitrogens with two attached hydrogens (primary N) is 1. The van der Waals surface area contributed by atoms with Crippen molar-refractivity contribution in [1.82, 2.24) is 0 Å². The van der Waals surface area contributed by atoms with Crippen LogP contribution in [-0.2, 0) is 6.42 Å². The van der Waals surface area contributed by atoms with E-state index in [4.69, 9.17) is 11.3 Å². The van der Waals surface area contributed by atoms with Gasteiger partial charge in [-0.25, -0.2) is 0 Å². The molecule has 0 aliphatic heterocycles. The van der Waals surface area contributed by atoms with Crippen molar-refractivity contribution >= 4 is 5.69 Å². The van der Waals surface area contributed by atoms with Gasteiger partial charge in [0, 0.05) is 17.1 Å². The van der Waals surface area contributed by atoms with Gasteiger partial charge in [0.25, 0.3) is 0 Å². The van der Waals surface area contributed by atoms with Crippen molar-refractivity contribution in [2.24, 2.45) is 10.8 Å². The zero-order valence-electron chi connectivity index (χ0n) is 11.8. The van der Waals surface area contributed by atoms with Crippen LogP contribution < -0.4 is 11.1 Å². The molecule has 0 amide bonds. The van der Waals surface area contributed by atoms with Gasteiger partial charge in [-0.3, -0.25) is 0 Å². The summed E-state index contributed by atoms with van der Waals surface area (Å²) in [4.78, 5) is 2.93. The molecular weight excluding hydrogens is 262 g/mol. The lowest BCUT2D eigenvalue weighted by molar-refractivity contribution is 0.756. The van der Waals surface area contributed by atoms with E-state index in [1.54, 1.807) is 0 Å². The fraction of sp³-hybridized carbons (Fsp3) is 0.250. The number of azide groups is 1. The number of anilines is 1. The van der Waals surface area contributed by atoms with Gasteiger partial charge in [-0.1, -0.05) is 47.6 Å². The van der Waals surface area contributed by atoms with Crippen LogP contribution in [0.5, 0.6) is 0 Å². The smallest absolute Gasteiger partial charge is 0.0797 e. The van der Waals surface area contributed by atoms with Gasteiger partial charge in [-0.05, 0) is 41.8 Å². The molecule has 108 valence electrons. The van der Waals surface area contributed by atoms with E-state index in [9.17, 15) is 0 Å². The molecule has 0 unspecified atom stereocenters. The molecule has 0 aromatic heterocycles. The Balaban J connectivity index is 2.00. The largest absolute Gasteiger partial charge is 0.384 e. The highest BCUT2D eigenvalue weighted by molar-refractivity contribution is 5.45. The molecule has 2 aromatic rings. The zero-order valence-corrected chi connectivity index (χ0v) is 11.8. The van der Waals surface area contributed by atoms with Gasteiger partial charge in [-0.15, -0.1) is 0 Å². The zero-order chi connectivity index (χ0) is 14.9. The van der Waals surface area contributed by atoms with E-state index in [1.807, 2.05) is 42.5 Å². The van der Waals surface area contributed by atoms with Crippen LogP contribution in [0, 0.1) is 0 Å². The van der Waals surface area contributed by atoms with Crippen LogP contribution >= 0.6 is 0 Å². The summed E-state index contributed by atoms with van der Waals surface area (Å²) in [7, 11) is 0. The molecule has 0 saturated heterocycles. The molecule has 1 atom stereocenters. The second-order valence-electron chi connectivity index (χ2n) is 4.75. The van der Waals surface area contributed by atoms with Crippen LogP contribution in [0.4, 0.5) is 5.69 Å². The first-order valence-corrected chi connectivity index (χ1v) is 6.95. The summed E-state index contributed by atoms with van der Waals surface area (Å²) < 4.78 is 0. The molecule has 0 fully saturated rings. The van der Waals surface area contributed by atoms with Crippen molar-refractivity contribution in [3.8, 4) is 0 Å². The van der Waals surface area contributed by atoms with Crippen molar-refractivity contribution in [3.05, 3.63) is 76.2 Å². The normalized spacial score (nSPS) is 11.5. The molecule has 0 radical (unpaired) electrons. The first kappa shape index (κ1) is 14.9. The van der Waals surface area contributed by atoms with Crippen LogP contribution in [0.25, 0.3) is 10.4 Å². The van der Waals surface area contributed by atoms with Gasteiger partial charge in [0.05, 0.1) is 6.04 Å². The number of benzene rings is 2. The monoisotopic (exact) mass is 281 g/mol. The minimum atomic E-state index is -0.222. The van der Waals surface area contributed by atoms with E-state index in [0.29, 0.717) is 13.1 Å². The standard InChI is InChI=1S/C16H19N5/c17-11-10-13-6-8-15(9-7-13)19-12-16(20-21-18)14-4-2-1-3-5-14/h1-9,16,19H,10-12,17H2/t16-/m0/s1. The summed E-state index contributed by atoms with van der Waals surface area (Å²) in [5.41, 5.74) is 17.5. The van der Waals surface area contributed by atoms with Gasteiger partial charge in [0.1, 0.15) is 0 Å². The Bertz CT molecular complexity index is 588. The van der Waals surface area contributed by atoms with E-state index in [1.165, 1.54) is 5.56 Å². The van der Waals surface area contributed by atoms with E-state index in [0.717, 1.165) is 17.7 Å². The fourth-order valence-corrected chi connectivity index (χ4v) is 2.13. The molecule has 0 spiro atoms. The molecule has 5 heteroatoms. The lowest BCUT2D eigenvalue weighted by Crippen LogP contribution is -2.10. The summed E-state index contributed by atoms with van der Waals surface area (Å²) >= 11 is 0. The minimum Gasteiger partial charge on any atom is -0.384 e. The topological polar surface area (TPSA) is 86.8 Å². The third-order valence-electron chi connectivity index (χ3n) is 3.26. The molecule has 0 aliphatic rings. The second kappa shape index (κ2) is 7.94. The summed E-state index contributed by atoms with van der Waals surface area (Å²) in [6, 6.07) is 17.7. The van der Waals surface area contributed by atoms with E-state index < -0.39 is 0 Å². The molecule has 3 N–H and O–H groups in total. The van der Waals surface area contributed by atoms with Gasteiger partial charge in [0.2, 0.25) is 0 Å². The molecule has 2 aromatic carbocycles. The van der Waals surface area contributed by atoms with Crippen LogP contribution in [0.3, 0.4) is 0 Å². The predicted octanol–water partition coefficient (Wildman–Crippen LogP) is 3.65. The summed E-state index contributed by atoms with van der Waals surface area (Å²) in [6.07, 6.45) is 0.881. The highest BCUT2D eigenvalue weighted by Gasteiger charge is 2.08. The van der Waals surface area contributed by atoms with Gasteiger partial charge in [0.15, 0.2) is 0 Å². The summed E-state index contributed by atoms with van der Waals surface area (Å²) in [5.74, 6) is 0. The van der Waals surface area contributed by atoms with E-state index >= 15 is 0 Å². The Kier molecular flexibility index (Phi) is 5.64. The lowest BCUT2D eigenvalue weighted by Gasteiger charge is -2.14. The molecule has 5 nitrogen and oxygen atoms in total. The van der Waals surface area contributed by atoms with E-state index in [-0.39, 0.29) is 6.04 Å². The number of hydrogen-bond acceptors (Lipinski definition) is 3. The molecule has 0 saturated carbocycles. The second-order valence-corrected chi connectivity index (χ2v) is 4.75. The van der Waals surface area contributed by atoms with Crippen molar-refractivity contribution in [1.29, 1.82) is 0 Å². The molecule has 21 heavy (non-hydrogen) atoms. The number of rotatable bonds is 7. The van der Waals surface area contributed by atoms with Crippen molar-refractivity contribution in [3.63, 3.8) is 0 Å². The highest BCUT2D eigenvalue weighted by atomic mass is 15.2. The van der Waals surface area contributed by atoms with Crippen molar-refractivity contribution in [2.75, 3.05) is 18.4 Å². The van der Waals surface area contributed by atoms with Crippen molar-refractivity contribution < 1.29 is 0 Å². The minimum absolute atomic E-state index is 0.222. The maximum Gasteiger partial charge on any atom is 0.0797 e. The van der Waals surface area contributed by atoms with E-state index in [2.05, 4.69) is 27.5 Å². The number of nitrogens with zero attached hydrogens (tertiary/aromatic N) is 3. The molecule has 2 rings (SSSR count). The molecule has 0 aliphatic carbocycles. The van der Waals surface area contributed by atoms with Crippen LogP contribution in [0.2, 0.25) is 0 Å². The molecule has 0 heterocycles. The first-order valence-electron chi connectivity index (χ1n) is 6.95. The quantitative estimate of drug-likeness (QED) is 0.461. The van der Waals surface area contributed by atoms with Crippen LogP contribution in [-0.4, -0.2) is 13.1 Å². The lowest BCUT2D eigenvalue weighted by atomic mass is 10.1. The average Bonchev–Trinajstić information content (AvgIpc) is 2.54. The third-order valence-corrected chi connectivity index (χ3v) is 3.26. The highest BCUT2D eigenvalue weighted by Crippen LogP contribution is 2.19. The Morgan fingerprint density at radius 3 is 2.43 bits per heavy atom.